The average molecular weight is 294 g/mol. The van der Waals surface area contributed by atoms with Crippen LogP contribution < -0.4 is 0 Å². The van der Waals surface area contributed by atoms with Crippen LogP contribution in [0.3, 0.4) is 0 Å². The Hall–Kier alpha value is -1.46. The maximum atomic E-state index is 12.0. The van der Waals surface area contributed by atoms with E-state index in [1.54, 1.807) is 49.4 Å². The number of benzene rings is 2. The third kappa shape index (κ3) is 3.30. The molecule has 5 heteroatoms. The number of sulfone groups is 1. The number of aromatic hydroxyl groups is 1. The van der Waals surface area contributed by atoms with Gasteiger partial charge < -0.3 is 5.11 Å². The molecule has 2 aromatic rings. The fourth-order valence-electron chi connectivity index (χ4n) is 1.62. The summed E-state index contributed by atoms with van der Waals surface area (Å²) in [6.07, 6.45) is 0. The van der Waals surface area contributed by atoms with Gasteiger partial charge in [0.1, 0.15) is 5.75 Å². The molecule has 0 amide bonds. The van der Waals surface area contributed by atoms with Gasteiger partial charge in [0.05, 0.1) is 10.6 Å². The lowest BCUT2D eigenvalue weighted by Gasteiger charge is -2.08. The highest BCUT2D eigenvalue weighted by Crippen LogP contribution is 2.34. The first-order chi connectivity index (χ1) is 9.03. The molecule has 0 heterocycles. The van der Waals surface area contributed by atoms with E-state index in [1.807, 2.05) is 6.07 Å². The second-order valence-electron chi connectivity index (χ2n) is 3.95. The van der Waals surface area contributed by atoms with E-state index in [9.17, 15) is 13.5 Å². The molecule has 0 bridgehead atoms. The highest BCUT2D eigenvalue weighted by Gasteiger charge is 2.16. The van der Waals surface area contributed by atoms with Crippen LogP contribution in [0.5, 0.6) is 5.75 Å². The Balaban J connectivity index is 2.42. The predicted octanol–water partition coefficient (Wildman–Crippen LogP) is 3.34. The highest BCUT2D eigenvalue weighted by molar-refractivity contribution is 8.00. The van der Waals surface area contributed by atoms with E-state index in [4.69, 9.17) is 0 Å². The van der Waals surface area contributed by atoms with Crippen molar-refractivity contribution in [3.63, 3.8) is 0 Å². The van der Waals surface area contributed by atoms with Crippen molar-refractivity contribution in [3.8, 4) is 5.75 Å². The molecule has 0 spiro atoms. The molecule has 0 unspecified atom stereocenters. The second kappa shape index (κ2) is 5.67. The summed E-state index contributed by atoms with van der Waals surface area (Å²) in [6.45, 7) is 1.63. The summed E-state index contributed by atoms with van der Waals surface area (Å²) in [5.41, 5.74) is 0. The van der Waals surface area contributed by atoms with Crippen molar-refractivity contribution in [1.29, 1.82) is 0 Å². The Bertz CT molecular complexity index is 679. The zero-order valence-corrected chi connectivity index (χ0v) is 12.0. The molecule has 0 atom stereocenters. The van der Waals surface area contributed by atoms with Crippen molar-refractivity contribution in [2.75, 3.05) is 5.75 Å². The lowest BCUT2D eigenvalue weighted by Crippen LogP contribution is -2.04. The first-order valence-corrected chi connectivity index (χ1v) is 8.28. The Labute approximate surface area is 117 Å². The third-order valence-corrected chi connectivity index (χ3v) is 5.59. The fourth-order valence-corrected chi connectivity index (χ4v) is 3.99. The van der Waals surface area contributed by atoms with Crippen molar-refractivity contribution in [2.45, 2.75) is 21.6 Å². The Morgan fingerprint density at radius 1 is 1.11 bits per heavy atom. The van der Waals surface area contributed by atoms with Crippen LogP contribution in [-0.2, 0) is 9.84 Å². The van der Waals surface area contributed by atoms with Crippen molar-refractivity contribution < 1.29 is 13.5 Å². The standard InChI is InChI=1S/C14H14O3S2/c1-2-19(16,17)14-9-4-3-8-13(14)18-12-7-5-6-11(15)10-12/h3-10,15H,2H2,1H3. The van der Waals surface area contributed by atoms with Gasteiger partial charge in [-0.25, -0.2) is 8.42 Å². The Kier molecular flexibility index (Phi) is 4.17. The molecule has 0 aliphatic rings. The highest BCUT2D eigenvalue weighted by atomic mass is 32.2. The summed E-state index contributed by atoms with van der Waals surface area (Å²) >= 11 is 1.33. The van der Waals surface area contributed by atoms with Gasteiger partial charge in [-0.2, -0.15) is 0 Å². The number of rotatable bonds is 4. The molecule has 0 aliphatic carbocycles. The van der Waals surface area contributed by atoms with Crippen LogP contribution in [0.4, 0.5) is 0 Å². The van der Waals surface area contributed by atoms with Crippen molar-refractivity contribution in [2.24, 2.45) is 0 Å². The molecule has 0 aliphatic heterocycles. The van der Waals surface area contributed by atoms with Crippen LogP contribution in [0.25, 0.3) is 0 Å². The maximum Gasteiger partial charge on any atom is 0.179 e. The zero-order valence-electron chi connectivity index (χ0n) is 10.4. The number of phenols is 1. The topological polar surface area (TPSA) is 54.4 Å². The maximum absolute atomic E-state index is 12.0. The minimum absolute atomic E-state index is 0.0740. The molecule has 19 heavy (non-hydrogen) atoms. The summed E-state index contributed by atoms with van der Waals surface area (Å²) in [4.78, 5) is 1.82. The molecule has 2 aromatic carbocycles. The molecule has 100 valence electrons. The van der Waals surface area contributed by atoms with Crippen LogP contribution in [0.1, 0.15) is 6.92 Å². The molecule has 0 saturated carbocycles. The van der Waals surface area contributed by atoms with Crippen LogP contribution in [0.2, 0.25) is 0 Å². The zero-order chi connectivity index (χ0) is 13.9. The normalized spacial score (nSPS) is 11.4. The van der Waals surface area contributed by atoms with Crippen molar-refractivity contribution >= 4 is 21.6 Å². The molecule has 3 nitrogen and oxygen atoms in total. The van der Waals surface area contributed by atoms with E-state index < -0.39 is 9.84 Å². The van der Waals surface area contributed by atoms with Crippen LogP contribution in [0.15, 0.2) is 63.2 Å². The van der Waals surface area contributed by atoms with Crippen molar-refractivity contribution in [1.82, 2.24) is 0 Å². The van der Waals surface area contributed by atoms with Crippen LogP contribution >= 0.6 is 11.8 Å². The van der Waals surface area contributed by atoms with E-state index in [-0.39, 0.29) is 11.5 Å². The lowest BCUT2D eigenvalue weighted by atomic mass is 10.3. The molecular formula is C14H14O3S2. The first kappa shape index (κ1) is 14.0. The Morgan fingerprint density at radius 2 is 1.84 bits per heavy atom. The van der Waals surface area contributed by atoms with Gasteiger partial charge in [0.25, 0.3) is 0 Å². The van der Waals surface area contributed by atoms with Gasteiger partial charge in [-0.1, -0.05) is 36.9 Å². The van der Waals surface area contributed by atoms with E-state index in [0.29, 0.717) is 9.79 Å². The minimum Gasteiger partial charge on any atom is -0.508 e. The minimum atomic E-state index is -3.24. The summed E-state index contributed by atoms with van der Waals surface area (Å²) in [5.74, 6) is 0.241. The van der Waals surface area contributed by atoms with E-state index in [0.717, 1.165) is 4.90 Å². The van der Waals surface area contributed by atoms with Gasteiger partial charge >= 0.3 is 0 Å². The SMILES string of the molecule is CCS(=O)(=O)c1ccccc1Sc1cccc(O)c1. The number of hydrogen-bond donors (Lipinski definition) is 1. The van der Waals surface area contributed by atoms with Gasteiger partial charge in [-0.3, -0.25) is 0 Å². The third-order valence-electron chi connectivity index (χ3n) is 2.61. The smallest absolute Gasteiger partial charge is 0.179 e. The quantitative estimate of drug-likeness (QED) is 0.939. The van der Waals surface area contributed by atoms with Gasteiger partial charge in [0.2, 0.25) is 0 Å². The monoisotopic (exact) mass is 294 g/mol. The first-order valence-electron chi connectivity index (χ1n) is 5.81. The van der Waals surface area contributed by atoms with Crippen LogP contribution in [-0.4, -0.2) is 19.3 Å². The fraction of sp³-hybridized carbons (Fsp3) is 0.143. The second-order valence-corrected chi connectivity index (χ2v) is 7.31. The number of phenolic OH excluding ortho intramolecular Hbond substituents is 1. The summed E-state index contributed by atoms with van der Waals surface area (Å²) in [6, 6.07) is 13.7. The molecular weight excluding hydrogens is 280 g/mol. The van der Waals surface area contributed by atoms with Gasteiger partial charge in [-0.05, 0) is 30.3 Å². The average Bonchev–Trinajstić information content (AvgIpc) is 2.39. The largest absolute Gasteiger partial charge is 0.508 e. The molecule has 0 saturated heterocycles. The number of hydrogen-bond acceptors (Lipinski definition) is 4. The molecule has 0 aromatic heterocycles. The van der Waals surface area contributed by atoms with Gasteiger partial charge in [-0.15, -0.1) is 0 Å². The van der Waals surface area contributed by atoms with E-state index >= 15 is 0 Å². The van der Waals surface area contributed by atoms with E-state index in [1.165, 1.54) is 11.8 Å². The molecule has 1 N–H and O–H groups in total. The predicted molar refractivity (Wildman–Crippen MR) is 76.4 cm³/mol. The van der Waals surface area contributed by atoms with Gasteiger partial charge in [0, 0.05) is 9.79 Å². The molecule has 2 rings (SSSR count). The lowest BCUT2D eigenvalue weighted by molar-refractivity contribution is 0.474. The summed E-state index contributed by atoms with van der Waals surface area (Å²) < 4.78 is 24.0. The van der Waals surface area contributed by atoms with Crippen molar-refractivity contribution in [3.05, 3.63) is 48.5 Å². The van der Waals surface area contributed by atoms with Crippen LogP contribution in [0, 0.1) is 0 Å². The van der Waals surface area contributed by atoms with E-state index in [2.05, 4.69) is 0 Å². The molecule has 0 fully saturated rings. The molecule has 0 radical (unpaired) electrons. The Morgan fingerprint density at radius 3 is 2.53 bits per heavy atom. The summed E-state index contributed by atoms with van der Waals surface area (Å²) in [5, 5.41) is 9.43. The summed E-state index contributed by atoms with van der Waals surface area (Å²) in [7, 11) is -3.24. The van der Waals surface area contributed by atoms with Gasteiger partial charge in [0.15, 0.2) is 9.84 Å².